The molecule has 0 bridgehead atoms. The van der Waals surface area contributed by atoms with E-state index in [-0.39, 0.29) is 6.61 Å². The number of hydrogen-bond donors (Lipinski definition) is 2. The van der Waals surface area contributed by atoms with E-state index in [0.29, 0.717) is 6.61 Å². The van der Waals surface area contributed by atoms with Gasteiger partial charge in [-0.1, -0.05) is 12.1 Å². The maximum absolute atomic E-state index is 10.3. The Morgan fingerprint density at radius 1 is 1.00 bits per heavy atom. The van der Waals surface area contributed by atoms with Crippen molar-refractivity contribution >= 4 is 0 Å². The number of rotatable bonds is 7. The van der Waals surface area contributed by atoms with E-state index in [2.05, 4.69) is 0 Å². The van der Waals surface area contributed by atoms with Crippen molar-refractivity contribution < 1.29 is 33.9 Å². The van der Waals surface area contributed by atoms with E-state index in [0.717, 1.165) is 11.3 Å². The zero-order valence-electron chi connectivity index (χ0n) is 13.5. The van der Waals surface area contributed by atoms with E-state index >= 15 is 0 Å². The Kier molecular flexibility index (Phi) is 6.76. The molecule has 1 aliphatic heterocycles. The molecule has 130 valence electrons. The normalized spacial score (nSPS) is 31.1. The van der Waals surface area contributed by atoms with Gasteiger partial charge in [-0.15, -0.1) is 0 Å². The van der Waals surface area contributed by atoms with Gasteiger partial charge >= 0.3 is 0 Å². The quantitative estimate of drug-likeness (QED) is 0.745. The molecule has 7 heteroatoms. The van der Waals surface area contributed by atoms with Gasteiger partial charge in [0.25, 0.3) is 0 Å². The van der Waals surface area contributed by atoms with Gasteiger partial charge in [0.1, 0.15) is 30.2 Å². The topological polar surface area (TPSA) is 86.6 Å². The molecule has 0 aromatic heterocycles. The van der Waals surface area contributed by atoms with Gasteiger partial charge in [0, 0.05) is 14.2 Å². The van der Waals surface area contributed by atoms with Crippen molar-refractivity contribution in [2.45, 2.75) is 37.3 Å². The average molecular weight is 328 g/mol. The van der Waals surface area contributed by atoms with Crippen LogP contribution in [0.2, 0.25) is 0 Å². The molecule has 0 spiro atoms. The van der Waals surface area contributed by atoms with Crippen molar-refractivity contribution in [3.05, 3.63) is 29.8 Å². The lowest BCUT2D eigenvalue weighted by Crippen LogP contribution is -2.59. The third-order valence-electron chi connectivity index (χ3n) is 3.89. The predicted octanol–water partition coefficient (Wildman–Crippen LogP) is 0.320. The molecular weight excluding hydrogens is 304 g/mol. The van der Waals surface area contributed by atoms with Gasteiger partial charge in [0.15, 0.2) is 6.29 Å². The summed E-state index contributed by atoms with van der Waals surface area (Å²) in [7, 11) is 4.49. The maximum atomic E-state index is 10.3. The monoisotopic (exact) mass is 328 g/mol. The van der Waals surface area contributed by atoms with Crippen LogP contribution in [0, 0.1) is 0 Å². The minimum atomic E-state index is -1.18. The summed E-state index contributed by atoms with van der Waals surface area (Å²) in [6, 6.07) is 7.48. The van der Waals surface area contributed by atoms with Gasteiger partial charge in [-0.05, 0) is 17.7 Å². The number of aliphatic hydroxyl groups excluding tert-OH is 2. The highest BCUT2D eigenvalue weighted by Crippen LogP contribution is 2.24. The molecule has 0 radical (unpaired) electrons. The van der Waals surface area contributed by atoms with E-state index in [4.69, 9.17) is 23.7 Å². The lowest BCUT2D eigenvalue weighted by atomic mass is 9.99. The molecule has 1 aliphatic rings. The smallest absolute Gasteiger partial charge is 0.184 e. The van der Waals surface area contributed by atoms with E-state index in [9.17, 15) is 10.2 Å². The van der Waals surface area contributed by atoms with Crippen molar-refractivity contribution in [3.8, 4) is 5.75 Å². The molecule has 0 aliphatic carbocycles. The summed E-state index contributed by atoms with van der Waals surface area (Å²) in [4.78, 5) is 0. The molecule has 1 fully saturated rings. The highest BCUT2D eigenvalue weighted by Gasteiger charge is 2.45. The first kappa shape index (κ1) is 18.1. The Hall–Kier alpha value is -1.22. The standard InChI is InChI=1S/C16H24O7/c1-19-11-6-4-10(5-7-11)8-22-9-12-13(17)14(20-2)15(21-3)16(18)23-12/h4-7,12-18H,8-9H2,1-3H3/t12-,13-,14+,15-,16+/m1/s1. The lowest BCUT2D eigenvalue weighted by Gasteiger charge is -2.41. The molecule has 1 aromatic carbocycles. The summed E-state index contributed by atoms with van der Waals surface area (Å²) < 4.78 is 26.4. The second kappa shape index (κ2) is 8.58. The van der Waals surface area contributed by atoms with Crippen LogP contribution in [0.4, 0.5) is 0 Å². The van der Waals surface area contributed by atoms with E-state index < -0.39 is 30.7 Å². The molecule has 2 rings (SSSR count). The first-order chi connectivity index (χ1) is 11.1. The summed E-state index contributed by atoms with van der Waals surface area (Å²) in [5.74, 6) is 0.774. The second-order valence-electron chi connectivity index (χ2n) is 5.32. The van der Waals surface area contributed by atoms with Gasteiger partial charge < -0.3 is 33.9 Å². The highest BCUT2D eigenvalue weighted by atomic mass is 16.7. The zero-order chi connectivity index (χ0) is 16.8. The fraction of sp³-hybridized carbons (Fsp3) is 0.625. The largest absolute Gasteiger partial charge is 0.497 e. The van der Waals surface area contributed by atoms with Crippen molar-refractivity contribution in [1.29, 1.82) is 0 Å². The van der Waals surface area contributed by atoms with Crippen molar-refractivity contribution in [2.24, 2.45) is 0 Å². The molecule has 0 amide bonds. The minimum Gasteiger partial charge on any atom is -0.497 e. The number of hydrogen-bond acceptors (Lipinski definition) is 7. The number of methoxy groups -OCH3 is 3. The highest BCUT2D eigenvalue weighted by molar-refractivity contribution is 5.26. The third kappa shape index (κ3) is 4.41. The van der Waals surface area contributed by atoms with Crippen LogP contribution in [-0.4, -0.2) is 68.9 Å². The fourth-order valence-corrected chi connectivity index (χ4v) is 2.58. The minimum absolute atomic E-state index is 0.126. The van der Waals surface area contributed by atoms with Gasteiger partial charge in [-0.25, -0.2) is 0 Å². The molecule has 1 aromatic rings. The van der Waals surface area contributed by atoms with Crippen molar-refractivity contribution in [2.75, 3.05) is 27.9 Å². The van der Waals surface area contributed by atoms with E-state index in [1.807, 2.05) is 24.3 Å². The molecule has 2 N–H and O–H groups in total. The summed E-state index contributed by atoms with van der Waals surface area (Å²) in [5.41, 5.74) is 0.967. The Balaban J connectivity index is 1.86. The van der Waals surface area contributed by atoms with Crippen LogP contribution in [0.15, 0.2) is 24.3 Å². The van der Waals surface area contributed by atoms with Crippen LogP contribution in [0.5, 0.6) is 5.75 Å². The average Bonchev–Trinajstić information content (AvgIpc) is 2.57. The van der Waals surface area contributed by atoms with Crippen LogP contribution >= 0.6 is 0 Å². The molecule has 5 atom stereocenters. The molecule has 0 saturated carbocycles. The first-order valence-corrected chi connectivity index (χ1v) is 7.38. The Bertz CT molecular complexity index is 464. The van der Waals surface area contributed by atoms with Crippen LogP contribution in [0.3, 0.4) is 0 Å². The molecule has 7 nitrogen and oxygen atoms in total. The van der Waals surface area contributed by atoms with E-state index in [1.165, 1.54) is 14.2 Å². The number of aliphatic hydroxyl groups is 2. The third-order valence-corrected chi connectivity index (χ3v) is 3.89. The lowest BCUT2D eigenvalue weighted by molar-refractivity contribution is -0.298. The van der Waals surface area contributed by atoms with Crippen LogP contribution in [-0.2, 0) is 25.6 Å². The Labute approximate surface area is 135 Å². The van der Waals surface area contributed by atoms with Gasteiger partial charge in [0.05, 0.1) is 20.3 Å². The predicted molar refractivity (Wildman–Crippen MR) is 81.1 cm³/mol. The zero-order valence-corrected chi connectivity index (χ0v) is 13.5. The molecule has 23 heavy (non-hydrogen) atoms. The summed E-state index contributed by atoms with van der Waals surface area (Å²) in [6.45, 7) is 0.485. The van der Waals surface area contributed by atoms with Crippen LogP contribution in [0.25, 0.3) is 0 Å². The molecule has 0 unspecified atom stereocenters. The Morgan fingerprint density at radius 3 is 2.22 bits per heavy atom. The Morgan fingerprint density at radius 2 is 1.65 bits per heavy atom. The summed E-state index contributed by atoms with van der Waals surface area (Å²) in [5, 5.41) is 20.2. The van der Waals surface area contributed by atoms with Crippen molar-refractivity contribution in [1.82, 2.24) is 0 Å². The van der Waals surface area contributed by atoms with Gasteiger partial charge in [-0.2, -0.15) is 0 Å². The number of ether oxygens (including phenoxy) is 5. The van der Waals surface area contributed by atoms with Gasteiger partial charge in [0.2, 0.25) is 0 Å². The molecule has 1 saturated heterocycles. The first-order valence-electron chi connectivity index (χ1n) is 7.38. The van der Waals surface area contributed by atoms with Gasteiger partial charge in [-0.3, -0.25) is 0 Å². The van der Waals surface area contributed by atoms with Crippen LogP contribution in [0.1, 0.15) is 5.56 Å². The van der Waals surface area contributed by atoms with Crippen molar-refractivity contribution in [3.63, 3.8) is 0 Å². The SMILES string of the molecule is COc1ccc(COC[C@H]2O[C@H](O)[C@H](OC)[C@@H](OC)[C@@H]2O)cc1. The van der Waals surface area contributed by atoms with Crippen LogP contribution < -0.4 is 4.74 Å². The molecular formula is C16H24O7. The maximum Gasteiger partial charge on any atom is 0.184 e. The van der Waals surface area contributed by atoms with E-state index in [1.54, 1.807) is 7.11 Å². The second-order valence-corrected chi connectivity index (χ2v) is 5.32. The summed E-state index contributed by atoms with van der Waals surface area (Å²) >= 11 is 0. The number of benzene rings is 1. The fourth-order valence-electron chi connectivity index (χ4n) is 2.58. The molecule has 1 heterocycles. The summed E-state index contributed by atoms with van der Waals surface area (Å²) in [6.07, 6.45) is -4.25.